The molecule has 0 saturated heterocycles. The van der Waals surface area contributed by atoms with E-state index in [1.807, 2.05) is 53.4 Å². The van der Waals surface area contributed by atoms with E-state index in [2.05, 4.69) is 4.84 Å². The van der Waals surface area contributed by atoms with Crippen LogP contribution in [-0.2, 0) is 42.0 Å². The van der Waals surface area contributed by atoms with Crippen LogP contribution in [0, 0.1) is 20.2 Å². The van der Waals surface area contributed by atoms with Crippen molar-refractivity contribution in [3.8, 4) is 0 Å². The molecule has 0 spiro atoms. The highest BCUT2D eigenvalue weighted by Crippen LogP contribution is 2.19. The lowest BCUT2D eigenvalue weighted by Gasteiger charge is -2.07. The predicted octanol–water partition coefficient (Wildman–Crippen LogP) is 5.03. The quantitative estimate of drug-likeness (QED) is 0.128. The number of non-ortho nitro benzene ring substituents is 2. The molecule has 14 nitrogen and oxygen atoms in total. The van der Waals surface area contributed by atoms with Crippen molar-refractivity contribution >= 4 is 53.5 Å². The number of nitro groups is 2. The normalized spacial score (nSPS) is 10.6. The summed E-state index contributed by atoms with van der Waals surface area (Å²) in [6.45, 7) is 0.563. The highest BCUT2D eigenvalue weighted by molar-refractivity contribution is 8.13. The van der Waals surface area contributed by atoms with Gasteiger partial charge < -0.3 is 0 Å². The third-order valence-electron chi connectivity index (χ3n) is 5.03. The van der Waals surface area contributed by atoms with Gasteiger partial charge in [-0.05, 0) is 35.4 Å². The van der Waals surface area contributed by atoms with E-state index < -0.39 is 28.9 Å². The van der Waals surface area contributed by atoms with Crippen LogP contribution in [-0.4, -0.2) is 26.7 Å². The molecule has 0 heterocycles. The van der Waals surface area contributed by atoms with Crippen LogP contribution >= 0.6 is 23.1 Å². The molecule has 0 aliphatic heterocycles. The second-order valence-corrected chi connectivity index (χ2v) is 12.3. The third kappa shape index (κ3) is 13.5. The number of hydrogen-bond acceptors (Lipinski definition) is 11. The number of nitrogens with two attached hydrogens (primary N) is 1. The van der Waals surface area contributed by atoms with Crippen LogP contribution in [0.1, 0.15) is 11.1 Å². The monoisotopic (exact) mass is 688 g/mol. The zero-order chi connectivity index (χ0) is 31.9. The number of nitro benzene ring substituents is 2. The van der Waals surface area contributed by atoms with E-state index in [4.69, 9.17) is 21.4 Å². The highest BCUT2D eigenvalue weighted by Gasteiger charge is 2.16. The van der Waals surface area contributed by atoms with Gasteiger partial charge in [0.05, 0.1) is 32.9 Å². The molecule has 0 fully saturated rings. The summed E-state index contributed by atoms with van der Waals surface area (Å²) in [5.74, 6) is 4.86. The highest BCUT2D eigenvalue weighted by atomic mass is 35.7. The van der Waals surface area contributed by atoms with Gasteiger partial charge >= 0.3 is 0 Å². The van der Waals surface area contributed by atoms with Crippen LogP contribution in [0.25, 0.3) is 0 Å². The van der Waals surface area contributed by atoms with Crippen LogP contribution in [0.5, 0.6) is 0 Å². The fourth-order valence-electron chi connectivity index (χ4n) is 2.96. The molecule has 0 radical (unpaired) electrons. The van der Waals surface area contributed by atoms with E-state index in [9.17, 15) is 37.1 Å². The first-order valence-corrected chi connectivity index (χ1v) is 15.6. The standard InChI is InChI=1S/C13H12N2O5S.C7H9NO.C6H4ClNO4S.ClH/c16-15(17)12-6-8-13(9-7-12)21(18,19)14-20-10-11-4-2-1-3-5-11;8-9-6-7-4-2-1-3-5-7;7-13(11,12)6-3-1-5(2-4-6)8(9)10;/h1-9,14H,10H2;1-5H,6,8H2;1-4H;1H. The van der Waals surface area contributed by atoms with Gasteiger partial charge in [-0.2, -0.15) is 0 Å². The van der Waals surface area contributed by atoms with Gasteiger partial charge in [-0.1, -0.05) is 65.5 Å². The molecule has 44 heavy (non-hydrogen) atoms. The van der Waals surface area contributed by atoms with Crippen LogP contribution in [0.15, 0.2) is 119 Å². The lowest BCUT2D eigenvalue weighted by molar-refractivity contribution is -0.385. The van der Waals surface area contributed by atoms with Crippen molar-refractivity contribution in [2.45, 2.75) is 23.0 Å². The maximum atomic E-state index is 11.9. The molecule has 3 N–H and O–H groups in total. The molecule has 0 atom stereocenters. The number of nitrogens with one attached hydrogen (secondary N) is 1. The smallest absolute Gasteiger partial charge is 0.269 e. The molecule has 4 aromatic rings. The van der Waals surface area contributed by atoms with Gasteiger partial charge in [0.25, 0.3) is 30.4 Å². The van der Waals surface area contributed by atoms with Crippen molar-refractivity contribution in [3.63, 3.8) is 0 Å². The molecule has 4 rings (SSSR count). The Hall–Kier alpha value is -4.00. The number of rotatable bonds is 10. The second-order valence-electron chi connectivity index (χ2n) is 8.10. The predicted molar refractivity (Wildman–Crippen MR) is 163 cm³/mol. The topological polar surface area (TPSA) is 211 Å². The fourth-order valence-corrected chi connectivity index (χ4v) is 4.54. The van der Waals surface area contributed by atoms with Crippen LogP contribution in [0.4, 0.5) is 11.4 Å². The Morgan fingerprint density at radius 1 is 0.659 bits per heavy atom. The van der Waals surface area contributed by atoms with Gasteiger partial charge in [0.15, 0.2) is 0 Å². The third-order valence-corrected chi connectivity index (χ3v) is 7.63. The zero-order valence-electron chi connectivity index (χ0n) is 22.5. The van der Waals surface area contributed by atoms with Gasteiger partial charge in [0.1, 0.15) is 0 Å². The van der Waals surface area contributed by atoms with Gasteiger partial charge in [-0.3, -0.25) is 29.9 Å². The van der Waals surface area contributed by atoms with E-state index in [1.165, 1.54) is 0 Å². The lowest BCUT2D eigenvalue weighted by atomic mass is 10.2. The number of sulfonamides is 1. The minimum absolute atomic E-state index is 0. The Morgan fingerprint density at radius 2 is 1.05 bits per heavy atom. The molecule has 0 unspecified atom stereocenters. The second kappa shape index (κ2) is 18.6. The number of nitrogens with zero attached hydrogens (tertiary/aromatic N) is 2. The maximum Gasteiger partial charge on any atom is 0.269 e. The summed E-state index contributed by atoms with van der Waals surface area (Å²) in [6, 6.07) is 27.7. The summed E-state index contributed by atoms with van der Waals surface area (Å²) in [5, 5.41) is 20.7. The molecule has 18 heteroatoms. The molecule has 4 aromatic carbocycles. The minimum atomic E-state index is -3.87. The maximum absolute atomic E-state index is 11.9. The summed E-state index contributed by atoms with van der Waals surface area (Å²) < 4.78 is 45.2. The van der Waals surface area contributed by atoms with Gasteiger partial charge in [-0.25, -0.2) is 22.7 Å². The Kier molecular flexibility index (Phi) is 16.1. The van der Waals surface area contributed by atoms with Crippen molar-refractivity contribution in [1.29, 1.82) is 0 Å². The summed E-state index contributed by atoms with van der Waals surface area (Å²) in [7, 11) is -2.67. The molecule has 0 aliphatic carbocycles. The zero-order valence-corrected chi connectivity index (χ0v) is 25.7. The summed E-state index contributed by atoms with van der Waals surface area (Å²) in [5.41, 5.74) is 1.55. The van der Waals surface area contributed by atoms with Crippen LogP contribution < -0.4 is 10.8 Å². The van der Waals surface area contributed by atoms with E-state index in [0.717, 1.165) is 59.7 Å². The van der Waals surface area contributed by atoms with Crippen molar-refractivity contribution in [1.82, 2.24) is 4.89 Å². The largest absolute Gasteiger partial charge is 0.300 e. The van der Waals surface area contributed by atoms with Crippen molar-refractivity contribution in [3.05, 3.63) is 141 Å². The van der Waals surface area contributed by atoms with Crippen molar-refractivity contribution < 1.29 is 36.4 Å². The van der Waals surface area contributed by atoms with Gasteiger partial charge in [0.2, 0.25) is 0 Å². The van der Waals surface area contributed by atoms with Crippen molar-refractivity contribution in [2.24, 2.45) is 5.90 Å². The van der Waals surface area contributed by atoms with E-state index in [-0.39, 0.29) is 40.2 Å². The Bertz CT molecular complexity index is 1680. The first kappa shape index (κ1) is 38.0. The average Bonchev–Trinajstić information content (AvgIpc) is 2.99. The molecule has 236 valence electrons. The SMILES string of the molecule is Cl.NOCc1ccccc1.O=[N+]([O-])c1ccc(S(=O)(=O)Cl)cc1.O=[N+]([O-])c1ccc(S(=O)(=O)NOCc2ccccc2)cc1. The average molecular weight is 690 g/mol. The van der Waals surface area contributed by atoms with E-state index >= 15 is 0 Å². The lowest BCUT2D eigenvalue weighted by Crippen LogP contribution is -2.23. The Balaban J connectivity index is 0.000000359. The molecular formula is C26H26Cl2N4O10S2. The first-order chi connectivity index (χ1) is 20.3. The summed E-state index contributed by atoms with van der Waals surface area (Å²) in [4.78, 5) is 30.6. The first-order valence-electron chi connectivity index (χ1n) is 11.8. The molecule has 0 aromatic heterocycles. The van der Waals surface area contributed by atoms with Gasteiger partial charge in [-0.15, -0.1) is 12.4 Å². The molecule has 0 amide bonds. The van der Waals surface area contributed by atoms with E-state index in [1.54, 1.807) is 12.1 Å². The minimum Gasteiger partial charge on any atom is -0.300 e. The summed E-state index contributed by atoms with van der Waals surface area (Å²) in [6.07, 6.45) is 0. The summed E-state index contributed by atoms with van der Waals surface area (Å²) >= 11 is 0. The molecule has 0 saturated carbocycles. The molecule has 0 aliphatic rings. The molecular weight excluding hydrogens is 663 g/mol. The van der Waals surface area contributed by atoms with Gasteiger partial charge in [0, 0.05) is 34.9 Å². The molecule has 0 bridgehead atoms. The van der Waals surface area contributed by atoms with E-state index in [0.29, 0.717) is 6.61 Å². The Morgan fingerprint density at radius 3 is 1.41 bits per heavy atom. The Labute approximate surface area is 263 Å². The number of halogens is 2. The van der Waals surface area contributed by atoms with Crippen LogP contribution in [0.2, 0.25) is 0 Å². The van der Waals surface area contributed by atoms with Crippen molar-refractivity contribution in [2.75, 3.05) is 0 Å². The van der Waals surface area contributed by atoms with Crippen LogP contribution in [0.3, 0.4) is 0 Å². The fraction of sp³-hybridized carbons (Fsp3) is 0.0769. The number of hydrogen-bond donors (Lipinski definition) is 2. The number of benzene rings is 4.